The van der Waals surface area contributed by atoms with E-state index in [0.717, 1.165) is 36.6 Å². The number of nitrogens with two attached hydrogens (primary N) is 1. The van der Waals surface area contributed by atoms with Crippen LogP contribution in [0.4, 0.5) is 5.82 Å². The van der Waals surface area contributed by atoms with Crippen molar-refractivity contribution in [3.05, 3.63) is 47.4 Å². The van der Waals surface area contributed by atoms with E-state index in [0.29, 0.717) is 12.5 Å². The zero-order valence-electron chi connectivity index (χ0n) is 12.8. The molecule has 0 aliphatic rings. The molecule has 0 radical (unpaired) electrons. The summed E-state index contributed by atoms with van der Waals surface area (Å²) >= 11 is 0. The zero-order valence-corrected chi connectivity index (χ0v) is 12.8. The lowest BCUT2D eigenvalue weighted by Crippen LogP contribution is -2.07. The summed E-state index contributed by atoms with van der Waals surface area (Å²) in [7, 11) is 0. The molecular formula is C18H23N3. The highest BCUT2D eigenvalue weighted by molar-refractivity contribution is 5.40. The van der Waals surface area contributed by atoms with Gasteiger partial charge >= 0.3 is 0 Å². The third kappa shape index (κ3) is 3.46. The SMILES string of the molecule is C#CCn1c(CCC)nc(CC(C)c2ccccc2)c1N. The van der Waals surface area contributed by atoms with Crippen LogP contribution in [0.1, 0.15) is 43.3 Å². The molecule has 3 nitrogen and oxygen atoms in total. The van der Waals surface area contributed by atoms with Crippen molar-refractivity contribution in [1.82, 2.24) is 9.55 Å². The number of anilines is 1. The van der Waals surface area contributed by atoms with E-state index in [1.807, 2.05) is 10.6 Å². The van der Waals surface area contributed by atoms with Crippen molar-refractivity contribution in [2.24, 2.45) is 0 Å². The van der Waals surface area contributed by atoms with Crippen molar-refractivity contribution in [3.63, 3.8) is 0 Å². The van der Waals surface area contributed by atoms with Crippen LogP contribution in [-0.4, -0.2) is 9.55 Å². The van der Waals surface area contributed by atoms with Crippen molar-refractivity contribution >= 4 is 5.82 Å². The number of rotatable bonds is 6. The van der Waals surface area contributed by atoms with Gasteiger partial charge in [0.15, 0.2) is 0 Å². The van der Waals surface area contributed by atoms with Gasteiger partial charge in [0.25, 0.3) is 0 Å². The lowest BCUT2D eigenvalue weighted by atomic mass is 9.96. The first-order valence-corrected chi connectivity index (χ1v) is 7.49. The summed E-state index contributed by atoms with van der Waals surface area (Å²) in [5.41, 5.74) is 8.52. The van der Waals surface area contributed by atoms with E-state index in [4.69, 9.17) is 17.1 Å². The molecule has 2 rings (SSSR count). The maximum Gasteiger partial charge on any atom is 0.127 e. The second-order valence-electron chi connectivity index (χ2n) is 5.42. The number of hydrogen-bond acceptors (Lipinski definition) is 2. The summed E-state index contributed by atoms with van der Waals surface area (Å²) in [5, 5.41) is 0. The Morgan fingerprint density at radius 3 is 2.67 bits per heavy atom. The lowest BCUT2D eigenvalue weighted by molar-refractivity contribution is 0.727. The van der Waals surface area contributed by atoms with Crippen molar-refractivity contribution in [2.75, 3.05) is 5.73 Å². The summed E-state index contributed by atoms with van der Waals surface area (Å²) < 4.78 is 1.97. The number of imidazole rings is 1. The molecular weight excluding hydrogens is 258 g/mol. The molecule has 0 aliphatic carbocycles. The summed E-state index contributed by atoms with van der Waals surface area (Å²) in [6.45, 7) is 4.83. The van der Waals surface area contributed by atoms with Gasteiger partial charge in [-0.25, -0.2) is 4.98 Å². The summed E-state index contributed by atoms with van der Waals surface area (Å²) in [4.78, 5) is 4.73. The Balaban J connectivity index is 2.24. The van der Waals surface area contributed by atoms with Gasteiger partial charge in [-0.2, -0.15) is 0 Å². The third-order valence-corrected chi connectivity index (χ3v) is 3.75. The zero-order chi connectivity index (χ0) is 15.2. The highest BCUT2D eigenvalue weighted by atomic mass is 15.1. The molecule has 1 unspecified atom stereocenters. The smallest absolute Gasteiger partial charge is 0.127 e. The molecule has 0 bridgehead atoms. The van der Waals surface area contributed by atoms with E-state index in [-0.39, 0.29) is 0 Å². The molecule has 2 aromatic rings. The summed E-state index contributed by atoms with van der Waals surface area (Å²) in [5.74, 6) is 4.78. The second kappa shape index (κ2) is 6.99. The fraction of sp³-hybridized carbons (Fsp3) is 0.389. The molecule has 3 heteroatoms. The third-order valence-electron chi connectivity index (χ3n) is 3.75. The van der Waals surface area contributed by atoms with E-state index in [1.165, 1.54) is 5.56 Å². The van der Waals surface area contributed by atoms with Gasteiger partial charge in [-0.15, -0.1) is 6.42 Å². The second-order valence-corrected chi connectivity index (χ2v) is 5.42. The molecule has 0 saturated carbocycles. The fourth-order valence-corrected chi connectivity index (χ4v) is 2.59. The Morgan fingerprint density at radius 2 is 2.05 bits per heavy atom. The minimum absolute atomic E-state index is 0.386. The molecule has 21 heavy (non-hydrogen) atoms. The number of nitrogens with zero attached hydrogens (tertiary/aromatic N) is 2. The summed E-state index contributed by atoms with van der Waals surface area (Å²) in [6.07, 6.45) is 8.22. The van der Waals surface area contributed by atoms with Crippen LogP contribution in [0.15, 0.2) is 30.3 Å². The highest BCUT2D eigenvalue weighted by Gasteiger charge is 2.16. The van der Waals surface area contributed by atoms with E-state index in [2.05, 4.69) is 44.0 Å². The van der Waals surface area contributed by atoms with Crippen molar-refractivity contribution in [2.45, 2.75) is 45.6 Å². The minimum atomic E-state index is 0.386. The molecule has 0 aliphatic heterocycles. The van der Waals surface area contributed by atoms with Gasteiger partial charge in [0.1, 0.15) is 11.6 Å². The van der Waals surface area contributed by atoms with Crippen LogP contribution >= 0.6 is 0 Å². The first-order valence-electron chi connectivity index (χ1n) is 7.49. The first kappa shape index (κ1) is 15.2. The van der Waals surface area contributed by atoms with Crippen molar-refractivity contribution < 1.29 is 0 Å². The summed E-state index contributed by atoms with van der Waals surface area (Å²) in [6, 6.07) is 10.5. The maximum absolute atomic E-state index is 6.25. The quantitative estimate of drug-likeness (QED) is 0.825. The predicted octanol–water partition coefficient (Wildman–Crippen LogP) is 3.40. The van der Waals surface area contributed by atoms with Gasteiger partial charge in [-0.3, -0.25) is 0 Å². The largest absolute Gasteiger partial charge is 0.384 e. The number of hydrogen-bond donors (Lipinski definition) is 1. The van der Waals surface area contributed by atoms with Gasteiger partial charge in [0, 0.05) is 6.42 Å². The van der Waals surface area contributed by atoms with Crippen LogP contribution < -0.4 is 5.73 Å². The highest BCUT2D eigenvalue weighted by Crippen LogP contribution is 2.24. The molecule has 2 N–H and O–H groups in total. The van der Waals surface area contributed by atoms with Crippen LogP contribution in [0.3, 0.4) is 0 Å². The normalized spacial score (nSPS) is 12.0. The number of aryl methyl sites for hydroxylation is 1. The molecule has 1 atom stereocenters. The fourth-order valence-electron chi connectivity index (χ4n) is 2.59. The standard InChI is InChI=1S/C18H23N3/c1-4-9-17-20-16(18(19)21(17)12-5-2)13-14(3)15-10-7-6-8-11-15/h2,6-8,10-11,14H,4,9,12-13,19H2,1,3H3. The van der Waals surface area contributed by atoms with Gasteiger partial charge in [0.2, 0.25) is 0 Å². The lowest BCUT2D eigenvalue weighted by Gasteiger charge is -2.10. The predicted molar refractivity (Wildman–Crippen MR) is 88.0 cm³/mol. The number of nitrogen functional groups attached to an aromatic ring is 1. The number of terminal acetylenes is 1. The van der Waals surface area contributed by atoms with E-state index >= 15 is 0 Å². The number of benzene rings is 1. The van der Waals surface area contributed by atoms with Gasteiger partial charge in [-0.05, 0) is 24.3 Å². The number of aromatic nitrogens is 2. The van der Waals surface area contributed by atoms with Gasteiger partial charge in [0.05, 0.1) is 12.2 Å². The Kier molecular flexibility index (Phi) is 5.05. The van der Waals surface area contributed by atoms with E-state index in [9.17, 15) is 0 Å². The Labute approximate surface area is 127 Å². The van der Waals surface area contributed by atoms with Gasteiger partial charge in [-0.1, -0.05) is 50.1 Å². The van der Waals surface area contributed by atoms with E-state index < -0.39 is 0 Å². The molecule has 0 saturated heterocycles. The molecule has 110 valence electrons. The molecule has 0 spiro atoms. The van der Waals surface area contributed by atoms with Crippen LogP contribution in [-0.2, 0) is 19.4 Å². The van der Waals surface area contributed by atoms with Gasteiger partial charge < -0.3 is 10.3 Å². The Morgan fingerprint density at radius 1 is 1.33 bits per heavy atom. The molecule has 0 fully saturated rings. The van der Waals surface area contributed by atoms with Crippen LogP contribution in [0.2, 0.25) is 0 Å². The first-order chi connectivity index (χ1) is 10.2. The molecule has 1 aromatic heterocycles. The molecule has 1 aromatic carbocycles. The Bertz CT molecular complexity index is 620. The maximum atomic E-state index is 6.25. The van der Waals surface area contributed by atoms with Crippen LogP contribution in [0.5, 0.6) is 0 Å². The van der Waals surface area contributed by atoms with Crippen LogP contribution in [0.25, 0.3) is 0 Å². The minimum Gasteiger partial charge on any atom is -0.384 e. The molecule has 0 amide bonds. The van der Waals surface area contributed by atoms with Crippen molar-refractivity contribution in [3.8, 4) is 12.3 Å². The van der Waals surface area contributed by atoms with Crippen molar-refractivity contribution in [1.29, 1.82) is 0 Å². The van der Waals surface area contributed by atoms with Crippen LogP contribution in [0, 0.1) is 12.3 Å². The van der Waals surface area contributed by atoms with E-state index in [1.54, 1.807) is 0 Å². The average Bonchev–Trinajstić information content (AvgIpc) is 2.78. The topological polar surface area (TPSA) is 43.8 Å². The molecule has 1 heterocycles. The average molecular weight is 281 g/mol. The Hall–Kier alpha value is -2.21. The monoisotopic (exact) mass is 281 g/mol.